The lowest BCUT2D eigenvalue weighted by Gasteiger charge is -1.87. The molecule has 0 N–H and O–H groups in total. The average Bonchev–Trinajstić information content (AvgIpc) is 1.81. The van der Waals surface area contributed by atoms with Crippen LogP contribution < -0.4 is 0 Å². The maximum absolute atomic E-state index is 3.01. The van der Waals surface area contributed by atoms with Gasteiger partial charge < -0.3 is 0 Å². The van der Waals surface area contributed by atoms with Crippen LogP contribution >= 0.6 is 11.8 Å². The highest BCUT2D eigenvalue weighted by Gasteiger charge is 1.78. The average molecular weight is 128 g/mol. The third-order valence-electron chi connectivity index (χ3n) is 0.752. The molecule has 0 aliphatic carbocycles. The predicted octanol–water partition coefficient (Wildman–Crippen LogP) is 2.15. The third-order valence-corrected chi connectivity index (χ3v) is 1.65. The highest BCUT2D eigenvalue weighted by molar-refractivity contribution is 7.99. The molecule has 0 saturated heterocycles. The normalized spacial score (nSPS) is 7.75. The molecule has 0 aromatic rings. The van der Waals surface area contributed by atoms with Gasteiger partial charge in [0.05, 0.1) is 0 Å². The number of rotatable bonds is 3. The van der Waals surface area contributed by atoms with Crippen LogP contribution in [0.2, 0.25) is 0 Å². The Balaban J connectivity index is 2.79. The molecule has 0 atom stereocenters. The van der Waals surface area contributed by atoms with Crippen molar-refractivity contribution in [3.63, 3.8) is 0 Å². The molecule has 0 radical (unpaired) electrons. The zero-order valence-corrected chi connectivity index (χ0v) is 6.35. The van der Waals surface area contributed by atoms with E-state index in [9.17, 15) is 0 Å². The van der Waals surface area contributed by atoms with E-state index in [1.165, 1.54) is 11.5 Å². The molecule has 0 nitrogen and oxygen atoms in total. The van der Waals surface area contributed by atoms with Gasteiger partial charge in [-0.15, -0.1) is 11.8 Å². The summed E-state index contributed by atoms with van der Waals surface area (Å²) in [6, 6.07) is 0. The van der Waals surface area contributed by atoms with Crippen LogP contribution in [0.4, 0.5) is 0 Å². The Labute approximate surface area is 56.1 Å². The molecule has 8 heavy (non-hydrogen) atoms. The van der Waals surface area contributed by atoms with Crippen LogP contribution in [-0.4, -0.2) is 11.5 Å². The van der Waals surface area contributed by atoms with Gasteiger partial charge in [-0.1, -0.05) is 6.92 Å². The van der Waals surface area contributed by atoms with Crippen LogP contribution in [0, 0.1) is 11.8 Å². The Hall–Kier alpha value is -0.0900. The molecule has 0 aliphatic heterocycles. The standard InChI is InChI=1S/C7H12S/c1-3-5-6-7-8-4-2/h4,6-7H2,1-2H3. The van der Waals surface area contributed by atoms with Crippen LogP contribution in [0.15, 0.2) is 0 Å². The molecular weight excluding hydrogens is 116 g/mol. The topological polar surface area (TPSA) is 0 Å². The summed E-state index contributed by atoms with van der Waals surface area (Å²) in [5, 5.41) is 0. The van der Waals surface area contributed by atoms with Crippen molar-refractivity contribution in [2.45, 2.75) is 20.3 Å². The van der Waals surface area contributed by atoms with Crippen LogP contribution in [-0.2, 0) is 0 Å². The minimum atomic E-state index is 1.05. The van der Waals surface area contributed by atoms with Gasteiger partial charge in [0, 0.05) is 12.2 Å². The zero-order chi connectivity index (χ0) is 6.24. The van der Waals surface area contributed by atoms with Gasteiger partial charge in [0.15, 0.2) is 0 Å². The fraction of sp³-hybridized carbons (Fsp3) is 0.714. The fourth-order valence-corrected chi connectivity index (χ4v) is 0.928. The first kappa shape index (κ1) is 7.91. The summed E-state index contributed by atoms with van der Waals surface area (Å²) >= 11 is 1.95. The van der Waals surface area contributed by atoms with E-state index in [4.69, 9.17) is 0 Å². The Morgan fingerprint density at radius 2 is 2.25 bits per heavy atom. The summed E-state index contributed by atoms with van der Waals surface area (Å²) < 4.78 is 0. The lowest BCUT2D eigenvalue weighted by atomic mass is 10.5. The molecule has 0 aromatic heterocycles. The smallest absolute Gasteiger partial charge is 0.0179 e. The van der Waals surface area contributed by atoms with E-state index >= 15 is 0 Å². The van der Waals surface area contributed by atoms with E-state index < -0.39 is 0 Å². The second-order valence-electron chi connectivity index (χ2n) is 1.37. The first-order chi connectivity index (χ1) is 3.91. The van der Waals surface area contributed by atoms with Crippen molar-refractivity contribution in [1.82, 2.24) is 0 Å². The first-order valence-electron chi connectivity index (χ1n) is 2.89. The summed E-state index contributed by atoms with van der Waals surface area (Å²) in [5.74, 6) is 8.28. The largest absolute Gasteiger partial charge is 0.161 e. The number of hydrogen-bond acceptors (Lipinski definition) is 1. The molecule has 0 aliphatic rings. The highest BCUT2D eigenvalue weighted by Crippen LogP contribution is 1.98. The van der Waals surface area contributed by atoms with Crippen molar-refractivity contribution >= 4 is 11.8 Å². The molecule has 0 bridgehead atoms. The van der Waals surface area contributed by atoms with Crippen molar-refractivity contribution in [1.29, 1.82) is 0 Å². The minimum Gasteiger partial charge on any atom is -0.161 e. The van der Waals surface area contributed by atoms with Gasteiger partial charge in [-0.05, 0) is 12.7 Å². The second kappa shape index (κ2) is 6.91. The summed E-state index contributed by atoms with van der Waals surface area (Å²) in [5.41, 5.74) is 0. The fourth-order valence-electron chi connectivity index (χ4n) is 0.393. The van der Waals surface area contributed by atoms with E-state index in [0.29, 0.717) is 0 Å². The van der Waals surface area contributed by atoms with Crippen LogP contribution in [0.5, 0.6) is 0 Å². The monoisotopic (exact) mass is 128 g/mol. The number of hydrogen-bond donors (Lipinski definition) is 0. The molecule has 0 heterocycles. The molecule has 0 unspecified atom stereocenters. The quantitative estimate of drug-likeness (QED) is 0.414. The van der Waals surface area contributed by atoms with Crippen LogP contribution in [0.25, 0.3) is 0 Å². The summed E-state index contributed by atoms with van der Waals surface area (Å²) in [6.45, 7) is 4.06. The molecule has 0 fully saturated rings. The zero-order valence-electron chi connectivity index (χ0n) is 5.53. The lowest BCUT2D eigenvalue weighted by molar-refractivity contribution is 1.29. The van der Waals surface area contributed by atoms with E-state index in [1.54, 1.807) is 0 Å². The summed E-state index contributed by atoms with van der Waals surface area (Å²) in [4.78, 5) is 0. The van der Waals surface area contributed by atoms with Crippen molar-refractivity contribution < 1.29 is 0 Å². The Bertz CT molecular complexity index is 86.3. The van der Waals surface area contributed by atoms with Crippen LogP contribution in [0.1, 0.15) is 20.3 Å². The molecule has 46 valence electrons. The van der Waals surface area contributed by atoms with Crippen molar-refractivity contribution in [3.05, 3.63) is 0 Å². The number of thioether (sulfide) groups is 1. The van der Waals surface area contributed by atoms with Crippen LogP contribution in [0.3, 0.4) is 0 Å². The SMILES string of the molecule is CC#CCCSCC. The summed E-state index contributed by atoms with van der Waals surface area (Å²) in [7, 11) is 0. The minimum absolute atomic E-state index is 1.05. The van der Waals surface area contributed by atoms with Gasteiger partial charge in [-0.2, -0.15) is 11.8 Å². The maximum Gasteiger partial charge on any atom is 0.0179 e. The van der Waals surface area contributed by atoms with E-state index in [2.05, 4.69) is 18.8 Å². The highest BCUT2D eigenvalue weighted by atomic mass is 32.2. The van der Waals surface area contributed by atoms with Crippen molar-refractivity contribution in [2.24, 2.45) is 0 Å². The van der Waals surface area contributed by atoms with Crippen molar-refractivity contribution in [3.8, 4) is 11.8 Å². The predicted molar refractivity (Wildman–Crippen MR) is 41.1 cm³/mol. The van der Waals surface area contributed by atoms with E-state index in [-0.39, 0.29) is 0 Å². The van der Waals surface area contributed by atoms with E-state index in [1.807, 2.05) is 18.7 Å². The van der Waals surface area contributed by atoms with Gasteiger partial charge in [0.1, 0.15) is 0 Å². The Morgan fingerprint density at radius 1 is 1.50 bits per heavy atom. The van der Waals surface area contributed by atoms with Gasteiger partial charge >= 0.3 is 0 Å². The molecule has 0 aromatic carbocycles. The van der Waals surface area contributed by atoms with Gasteiger partial charge in [0.2, 0.25) is 0 Å². The summed E-state index contributed by atoms with van der Waals surface area (Å²) in [6.07, 6.45) is 1.05. The van der Waals surface area contributed by atoms with E-state index in [0.717, 1.165) is 6.42 Å². The molecular formula is C7H12S. The molecule has 0 spiro atoms. The third kappa shape index (κ3) is 5.91. The Kier molecular flexibility index (Phi) is 6.83. The molecule has 0 saturated carbocycles. The molecule has 0 rings (SSSR count). The molecule has 0 amide bonds. The second-order valence-corrected chi connectivity index (χ2v) is 2.77. The van der Waals surface area contributed by atoms with Gasteiger partial charge in [-0.25, -0.2) is 0 Å². The van der Waals surface area contributed by atoms with Gasteiger partial charge in [0.25, 0.3) is 0 Å². The molecule has 1 heteroatoms. The lowest BCUT2D eigenvalue weighted by Crippen LogP contribution is -1.74. The first-order valence-corrected chi connectivity index (χ1v) is 4.04. The van der Waals surface area contributed by atoms with Gasteiger partial charge in [-0.3, -0.25) is 0 Å². The Morgan fingerprint density at radius 3 is 2.75 bits per heavy atom. The maximum atomic E-state index is 3.01. The van der Waals surface area contributed by atoms with Crippen molar-refractivity contribution in [2.75, 3.05) is 11.5 Å².